The highest BCUT2D eigenvalue weighted by Gasteiger charge is 2.69. The quantitative estimate of drug-likeness (QED) is 0.436. The Morgan fingerprint density at radius 3 is 2.49 bits per heavy atom. The van der Waals surface area contributed by atoms with E-state index in [1.54, 1.807) is 14.1 Å². The van der Waals surface area contributed by atoms with E-state index in [1.165, 1.54) is 11.0 Å². The lowest BCUT2D eigenvalue weighted by Gasteiger charge is -2.52. The summed E-state index contributed by atoms with van der Waals surface area (Å²) in [6.07, 6.45) is 3.07. The number of phenolic OH excluding ortho intramolecular Hbond substituents is 1. The molecule has 222 valence electrons. The third-order valence-electron chi connectivity index (χ3n) is 9.59. The normalized spacial score (nSPS) is 34.0. The number of piperidine rings is 1. The first kappa shape index (κ1) is 29.8. The number of benzene rings is 1. The van der Waals surface area contributed by atoms with Crippen molar-refractivity contribution in [3.05, 3.63) is 27.8 Å². The summed E-state index contributed by atoms with van der Waals surface area (Å²) in [4.78, 5) is 70.5. The molecule has 3 fully saturated rings. The predicted octanol–water partition coefficient (Wildman–Crippen LogP) is 1.70. The average Bonchev–Trinajstić information content (AvgIpc) is 2.88. The molecule has 2 saturated carbocycles. The van der Waals surface area contributed by atoms with Gasteiger partial charge in [0.05, 0.1) is 17.5 Å². The predicted molar refractivity (Wildman–Crippen MR) is 149 cm³/mol. The number of aliphatic hydroxyl groups is 1. The molecule has 1 aliphatic heterocycles. The SMILES string of the molecule is CC(C)CN1CCCCC1c1cc(O)c2c(c1Cl)CC1CC3C(N(C)C)C(=O)C(C(N)=O)C(=O)C3(O)C(=O)C1C2=O. The number of nitrogens with zero attached hydrogens (tertiary/aromatic N) is 2. The van der Waals surface area contributed by atoms with Crippen molar-refractivity contribution in [2.24, 2.45) is 35.3 Å². The van der Waals surface area contributed by atoms with Gasteiger partial charge in [-0.2, -0.15) is 0 Å². The van der Waals surface area contributed by atoms with Gasteiger partial charge in [0.25, 0.3) is 0 Å². The van der Waals surface area contributed by atoms with Crippen LogP contribution >= 0.6 is 11.6 Å². The zero-order chi connectivity index (χ0) is 30.1. The maximum atomic E-state index is 14.0. The zero-order valence-electron chi connectivity index (χ0n) is 23.9. The van der Waals surface area contributed by atoms with E-state index in [-0.39, 0.29) is 30.2 Å². The van der Waals surface area contributed by atoms with Crippen LogP contribution in [0.15, 0.2) is 6.07 Å². The first-order valence-electron chi connectivity index (χ1n) is 14.3. The lowest BCUT2D eigenvalue weighted by molar-refractivity contribution is -0.181. The number of Topliss-reactive ketones (excluding diaryl/α,β-unsaturated/α-hetero) is 4. The molecule has 11 heteroatoms. The van der Waals surface area contributed by atoms with E-state index in [4.69, 9.17) is 17.3 Å². The first-order chi connectivity index (χ1) is 19.2. The largest absolute Gasteiger partial charge is 0.507 e. The van der Waals surface area contributed by atoms with Gasteiger partial charge < -0.3 is 15.9 Å². The summed E-state index contributed by atoms with van der Waals surface area (Å²) in [6, 6.07) is 0.347. The van der Waals surface area contributed by atoms with Gasteiger partial charge in [0.15, 0.2) is 34.7 Å². The van der Waals surface area contributed by atoms with Crippen molar-refractivity contribution in [1.29, 1.82) is 0 Å². The Kier molecular flexibility index (Phi) is 7.68. The Balaban J connectivity index is 1.59. The molecule has 4 N–H and O–H groups in total. The summed E-state index contributed by atoms with van der Waals surface area (Å²) in [6.45, 7) is 6.04. The summed E-state index contributed by atoms with van der Waals surface area (Å²) in [7, 11) is 3.12. The summed E-state index contributed by atoms with van der Waals surface area (Å²) in [5, 5.41) is 23.2. The Hall–Kier alpha value is -2.66. The van der Waals surface area contributed by atoms with Gasteiger partial charge in [0.1, 0.15) is 5.75 Å². The van der Waals surface area contributed by atoms with E-state index in [0.717, 1.165) is 37.9 Å². The Morgan fingerprint density at radius 2 is 1.88 bits per heavy atom. The van der Waals surface area contributed by atoms with E-state index >= 15 is 0 Å². The van der Waals surface area contributed by atoms with Crippen LogP contribution in [0, 0.1) is 29.6 Å². The van der Waals surface area contributed by atoms with Crippen LogP contribution in [0.4, 0.5) is 0 Å². The first-order valence-corrected chi connectivity index (χ1v) is 14.7. The summed E-state index contributed by atoms with van der Waals surface area (Å²) >= 11 is 7.02. The molecule has 0 spiro atoms. The van der Waals surface area contributed by atoms with Crippen LogP contribution in [0.1, 0.15) is 67.1 Å². The number of nitrogens with two attached hydrogens (primary N) is 1. The number of phenols is 1. The van der Waals surface area contributed by atoms with Crippen molar-refractivity contribution in [1.82, 2.24) is 9.80 Å². The fourth-order valence-electron chi connectivity index (χ4n) is 7.94. The lowest BCUT2D eigenvalue weighted by Crippen LogP contribution is -2.74. The molecule has 1 saturated heterocycles. The molecule has 1 aromatic rings. The molecule has 0 radical (unpaired) electrons. The number of halogens is 1. The number of hydrogen-bond acceptors (Lipinski definition) is 9. The van der Waals surface area contributed by atoms with E-state index < -0.39 is 64.4 Å². The summed E-state index contributed by atoms with van der Waals surface area (Å²) in [5.41, 5.74) is 3.75. The van der Waals surface area contributed by atoms with Crippen LogP contribution in [-0.2, 0) is 25.6 Å². The molecule has 7 unspecified atom stereocenters. The number of likely N-dealkylation sites (tertiary alicyclic amines) is 1. The minimum atomic E-state index is -2.74. The van der Waals surface area contributed by atoms with Crippen LogP contribution < -0.4 is 5.73 Å². The Labute approximate surface area is 244 Å². The van der Waals surface area contributed by atoms with Gasteiger partial charge in [-0.3, -0.25) is 33.8 Å². The molecule has 1 amide bonds. The minimum absolute atomic E-state index is 0.00584. The van der Waals surface area contributed by atoms with Gasteiger partial charge in [-0.15, -0.1) is 0 Å². The number of primary amides is 1. The molecule has 0 aromatic heterocycles. The molecule has 1 heterocycles. The molecule has 0 bridgehead atoms. The van der Waals surface area contributed by atoms with E-state index in [9.17, 15) is 34.2 Å². The number of aromatic hydroxyl groups is 1. The minimum Gasteiger partial charge on any atom is -0.507 e. The second-order valence-electron chi connectivity index (χ2n) is 12.8. The number of rotatable bonds is 5. The van der Waals surface area contributed by atoms with Crippen LogP contribution in [-0.4, -0.2) is 87.9 Å². The topological polar surface area (TPSA) is 158 Å². The highest BCUT2D eigenvalue weighted by molar-refractivity contribution is 6.35. The Morgan fingerprint density at radius 1 is 1.20 bits per heavy atom. The molecule has 41 heavy (non-hydrogen) atoms. The number of fused-ring (bicyclic) bond motifs is 3. The highest BCUT2D eigenvalue weighted by atomic mass is 35.5. The molecule has 3 aliphatic carbocycles. The van der Waals surface area contributed by atoms with Crippen LogP contribution in [0.25, 0.3) is 0 Å². The van der Waals surface area contributed by atoms with Crippen molar-refractivity contribution in [2.45, 2.75) is 63.6 Å². The van der Waals surface area contributed by atoms with Crippen molar-refractivity contribution < 1.29 is 34.2 Å². The van der Waals surface area contributed by atoms with E-state index in [0.29, 0.717) is 16.5 Å². The monoisotopic (exact) mass is 587 g/mol. The van der Waals surface area contributed by atoms with E-state index in [1.807, 2.05) is 0 Å². The molecule has 10 nitrogen and oxygen atoms in total. The van der Waals surface area contributed by atoms with Gasteiger partial charge in [0.2, 0.25) is 5.91 Å². The van der Waals surface area contributed by atoms with Crippen molar-refractivity contribution in [3.63, 3.8) is 0 Å². The second-order valence-corrected chi connectivity index (χ2v) is 13.2. The standard InChI is InChI=1S/C30H38ClN3O7/c1-13(2)12-34-8-6-5-7-18(34)15-11-19(35)21-16(23(15)31)9-14-10-17-24(33(3)4)26(37)22(29(32)40)28(39)30(17,41)27(38)20(14)25(21)36/h11,13-14,17-18,20,22,24,35,41H,5-10,12H2,1-4H3,(H2,32,40). The van der Waals surface area contributed by atoms with Crippen LogP contribution in [0.3, 0.4) is 0 Å². The fourth-order valence-corrected chi connectivity index (χ4v) is 8.30. The van der Waals surface area contributed by atoms with Crippen LogP contribution in [0.2, 0.25) is 5.02 Å². The van der Waals surface area contributed by atoms with Crippen molar-refractivity contribution in [3.8, 4) is 5.75 Å². The lowest BCUT2D eigenvalue weighted by atomic mass is 9.52. The number of hydrogen-bond donors (Lipinski definition) is 3. The number of carbonyl (C=O) groups is 5. The van der Waals surface area contributed by atoms with E-state index in [2.05, 4.69) is 18.7 Å². The molecular formula is C30H38ClN3O7. The van der Waals surface area contributed by atoms with Crippen molar-refractivity contribution >= 4 is 40.6 Å². The van der Waals surface area contributed by atoms with Gasteiger partial charge >= 0.3 is 0 Å². The number of ketones is 4. The Bertz CT molecular complexity index is 1340. The van der Waals surface area contributed by atoms with Crippen LogP contribution in [0.5, 0.6) is 5.75 Å². The maximum absolute atomic E-state index is 14.0. The molecule has 5 rings (SSSR count). The third kappa shape index (κ3) is 4.45. The smallest absolute Gasteiger partial charge is 0.235 e. The zero-order valence-corrected chi connectivity index (χ0v) is 24.6. The highest BCUT2D eigenvalue weighted by Crippen LogP contribution is 2.52. The van der Waals surface area contributed by atoms with Gasteiger partial charge in [0, 0.05) is 23.5 Å². The fraction of sp³-hybridized carbons (Fsp3) is 0.633. The van der Waals surface area contributed by atoms with Crippen molar-refractivity contribution in [2.75, 3.05) is 27.2 Å². The van der Waals surface area contributed by atoms with Gasteiger partial charge in [-0.1, -0.05) is 31.9 Å². The molecule has 1 aromatic carbocycles. The molecule has 4 aliphatic rings. The maximum Gasteiger partial charge on any atom is 0.235 e. The number of amides is 1. The van der Waals surface area contributed by atoms with Gasteiger partial charge in [-0.05, 0) is 75.4 Å². The number of carbonyl (C=O) groups excluding carboxylic acids is 5. The molecule has 7 atom stereocenters. The summed E-state index contributed by atoms with van der Waals surface area (Å²) < 4.78 is 0. The molecular weight excluding hydrogens is 550 g/mol. The summed E-state index contributed by atoms with van der Waals surface area (Å²) in [5.74, 6) is -10.2. The van der Waals surface area contributed by atoms with Gasteiger partial charge in [-0.25, -0.2) is 0 Å². The number of likely N-dealkylation sites (N-methyl/N-ethyl adjacent to an activating group) is 1. The second kappa shape index (κ2) is 10.6. The average molecular weight is 588 g/mol. The third-order valence-corrected chi connectivity index (χ3v) is 10.0.